The lowest BCUT2D eigenvalue weighted by Gasteiger charge is -2.39. The Morgan fingerprint density at radius 3 is 2.72 bits per heavy atom. The summed E-state index contributed by atoms with van der Waals surface area (Å²) in [4.78, 5) is 31.6. The first-order valence-electron chi connectivity index (χ1n) is 13.6. The van der Waals surface area contributed by atoms with Gasteiger partial charge < -0.3 is 14.5 Å². The Labute approximate surface area is 228 Å². The van der Waals surface area contributed by atoms with Crippen molar-refractivity contribution in [3.63, 3.8) is 0 Å². The first-order valence-corrected chi connectivity index (χ1v) is 13.6. The van der Waals surface area contributed by atoms with Crippen molar-refractivity contribution < 1.29 is 9.53 Å². The van der Waals surface area contributed by atoms with Crippen molar-refractivity contribution in [2.24, 2.45) is 10.1 Å². The first-order chi connectivity index (χ1) is 18.9. The molecule has 2 aromatic rings. The molecular formula is C29H34N8O2. The summed E-state index contributed by atoms with van der Waals surface area (Å²) in [5.41, 5.74) is 15.6. The molecule has 1 amide bonds. The van der Waals surface area contributed by atoms with Crippen LogP contribution in [-0.2, 0) is 4.74 Å². The van der Waals surface area contributed by atoms with E-state index in [-0.39, 0.29) is 23.8 Å². The standard InChI is InChI=1S/C29H34N8O2/c1-19-6-7-21-22(15-19)23(26(33-34-30)24-17-31-18-35(24)3)16-20-5-4-10-32-25(20)27(21)36-11-13-37(14-12-36)28(38)39-29(2)8-9-29/h4-7,10,15-16,18,24,26-27H,8-9,11-14,17H2,1-3H3/t24?,26?,27-/m0/s1. The summed E-state index contributed by atoms with van der Waals surface area (Å²) in [5.74, 6) is 0. The molecule has 10 nitrogen and oxygen atoms in total. The summed E-state index contributed by atoms with van der Waals surface area (Å²) in [7, 11) is 1.97. The van der Waals surface area contributed by atoms with Crippen molar-refractivity contribution in [2.75, 3.05) is 39.8 Å². The van der Waals surface area contributed by atoms with E-state index in [1.54, 1.807) is 0 Å². The first kappa shape index (κ1) is 25.4. The van der Waals surface area contributed by atoms with Gasteiger partial charge in [-0.15, -0.1) is 0 Å². The van der Waals surface area contributed by atoms with E-state index < -0.39 is 6.04 Å². The third-order valence-electron chi connectivity index (χ3n) is 8.42. The minimum atomic E-state index is -0.426. The highest BCUT2D eigenvalue weighted by molar-refractivity contribution is 5.89. The van der Waals surface area contributed by atoms with Crippen LogP contribution < -0.4 is 0 Å². The number of aromatic nitrogens is 1. The van der Waals surface area contributed by atoms with Crippen LogP contribution in [-0.4, -0.2) is 89.6 Å². The maximum Gasteiger partial charge on any atom is 0.410 e. The molecule has 1 aromatic carbocycles. The monoisotopic (exact) mass is 526 g/mol. The van der Waals surface area contributed by atoms with E-state index in [9.17, 15) is 10.3 Å². The van der Waals surface area contributed by atoms with Gasteiger partial charge in [0.25, 0.3) is 0 Å². The Balaban J connectivity index is 1.38. The van der Waals surface area contributed by atoms with Crippen LogP contribution in [0.1, 0.15) is 53.8 Å². The van der Waals surface area contributed by atoms with Crippen LogP contribution in [0.15, 0.2) is 46.6 Å². The molecule has 2 aliphatic heterocycles. The van der Waals surface area contributed by atoms with Crippen LogP contribution in [0, 0.1) is 6.92 Å². The predicted octanol–water partition coefficient (Wildman–Crippen LogP) is 4.66. The number of carbonyl (C=O) groups is 1. The van der Waals surface area contributed by atoms with Crippen LogP contribution >= 0.6 is 0 Å². The van der Waals surface area contributed by atoms with Crippen molar-refractivity contribution in [3.8, 4) is 0 Å². The zero-order chi connectivity index (χ0) is 27.1. The summed E-state index contributed by atoms with van der Waals surface area (Å²) in [5, 5.41) is 4.32. The van der Waals surface area contributed by atoms with Crippen LogP contribution in [0.2, 0.25) is 0 Å². The van der Waals surface area contributed by atoms with Crippen LogP contribution in [0.4, 0.5) is 4.79 Å². The molecule has 39 heavy (non-hydrogen) atoms. The third kappa shape index (κ3) is 4.86. The molecule has 2 aliphatic carbocycles. The fraction of sp³-hybridized carbons (Fsp3) is 0.483. The van der Waals surface area contributed by atoms with Gasteiger partial charge in [0.05, 0.1) is 36.7 Å². The average molecular weight is 527 g/mol. The number of amides is 1. The molecule has 0 radical (unpaired) electrons. The SMILES string of the molecule is Cc1ccc2c(c1)C(C(N=[N+]=[N-])C1CN=CN1C)=Cc1cccnc1[C@H]2N1CCN(C(=O)OC2(C)CC2)CC1. The van der Waals surface area contributed by atoms with Gasteiger partial charge in [-0.3, -0.25) is 14.9 Å². The molecule has 0 bridgehead atoms. The lowest BCUT2D eigenvalue weighted by molar-refractivity contribution is 0.0380. The second kappa shape index (κ2) is 10.0. The van der Waals surface area contributed by atoms with Crippen LogP contribution in [0.5, 0.6) is 0 Å². The summed E-state index contributed by atoms with van der Waals surface area (Å²) < 4.78 is 5.73. The molecule has 0 N–H and O–H groups in total. The molecule has 2 unspecified atom stereocenters. The van der Waals surface area contributed by atoms with E-state index in [4.69, 9.17) is 9.72 Å². The Bertz CT molecular complexity index is 1390. The molecule has 1 aromatic heterocycles. The fourth-order valence-electron chi connectivity index (χ4n) is 5.89. The Hall–Kier alpha value is -3.88. The Kier molecular flexibility index (Phi) is 6.53. The smallest absolute Gasteiger partial charge is 0.410 e. The molecule has 3 heterocycles. The summed E-state index contributed by atoms with van der Waals surface area (Å²) >= 11 is 0. The summed E-state index contributed by atoms with van der Waals surface area (Å²) in [6.45, 7) is 7.25. The van der Waals surface area contributed by atoms with E-state index in [1.165, 1.54) is 0 Å². The predicted molar refractivity (Wildman–Crippen MR) is 150 cm³/mol. The third-order valence-corrected chi connectivity index (χ3v) is 8.42. The number of rotatable bonds is 5. The maximum atomic E-state index is 12.8. The van der Waals surface area contributed by atoms with E-state index in [2.05, 4.69) is 57.2 Å². The number of carbonyl (C=O) groups excluding carboxylic acids is 1. The number of nitrogens with zero attached hydrogens (tertiary/aromatic N) is 8. The highest BCUT2D eigenvalue weighted by atomic mass is 16.6. The normalized spacial score (nSPS) is 24.1. The molecule has 2 fully saturated rings. The van der Waals surface area contributed by atoms with Crippen molar-refractivity contribution in [3.05, 3.63) is 74.9 Å². The molecule has 1 saturated heterocycles. The number of azide groups is 1. The molecule has 4 aliphatic rings. The van der Waals surface area contributed by atoms with Gasteiger partial charge >= 0.3 is 6.09 Å². The minimum absolute atomic E-state index is 0.0694. The van der Waals surface area contributed by atoms with Crippen LogP contribution in [0.25, 0.3) is 22.1 Å². The largest absolute Gasteiger partial charge is 0.443 e. The lowest BCUT2D eigenvalue weighted by atomic mass is 9.87. The molecular weight excluding hydrogens is 492 g/mol. The average Bonchev–Trinajstić information content (AvgIpc) is 3.54. The molecule has 3 atom stereocenters. The Morgan fingerprint density at radius 1 is 1.23 bits per heavy atom. The van der Waals surface area contributed by atoms with Crippen molar-refractivity contribution >= 4 is 24.1 Å². The molecule has 0 spiro atoms. The number of piperazine rings is 1. The van der Waals surface area contributed by atoms with Gasteiger partial charge in [0.2, 0.25) is 0 Å². The van der Waals surface area contributed by atoms with Crippen LogP contribution in [0.3, 0.4) is 0 Å². The van der Waals surface area contributed by atoms with Gasteiger partial charge in [-0.25, -0.2) is 4.79 Å². The lowest BCUT2D eigenvalue weighted by Crippen LogP contribution is -2.50. The quantitative estimate of drug-likeness (QED) is 0.320. The summed E-state index contributed by atoms with van der Waals surface area (Å²) in [6, 6.07) is 9.95. The number of benzene rings is 1. The second-order valence-electron chi connectivity index (χ2n) is 11.3. The molecule has 202 valence electrons. The van der Waals surface area contributed by atoms with E-state index >= 15 is 0 Å². The topological polar surface area (TPSA) is 110 Å². The number of hydrogen-bond acceptors (Lipinski definition) is 7. The number of aliphatic imine (C=N–C) groups is 1. The van der Waals surface area contributed by atoms with E-state index in [1.807, 2.05) is 42.4 Å². The number of pyridine rings is 1. The number of ether oxygens (including phenoxy) is 1. The molecule has 1 saturated carbocycles. The fourth-order valence-corrected chi connectivity index (χ4v) is 5.89. The number of hydrogen-bond donors (Lipinski definition) is 0. The van der Waals surface area contributed by atoms with Crippen molar-refractivity contribution in [1.29, 1.82) is 0 Å². The van der Waals surface area contributed by atoms with Gasteiger partial charge in [0.1, 0.15) is 5.60 Å². The summed E-state index contributed by atoms with van der Waals surface area (Å²) in [6.07, 6.45) is 7.46. The minimum Gasteiger partial charge on any atom is -0.443 e. The maximum absolute atomic E-state index is 12.8. The van der Waals surface area contributed by atoms with Gasteiger partial charge in [0.15, 0.2) is 0 Å². The molecule has 6 rings (SSSR count). The zero-order valence-corrected chi connectivity index (χ0v) is 22.7. The van der Waals surface area contributed by atoms with E-state index in [0.29, 0.717) is 32.7 Å². The molecule has 10 heteroatoms. The second-order valence-corrected chi connectivity index (χ2v) is 11.3. The van der Waals surface area contributed by atoms with Gasteiger partial charge in [-0.1, -0.05) is 34.9 Å². The number of fused-ring (bicyclic) bond motifs is 2. The Morgan fingerprint density at radius 2 is 2.03 bits per heavy atom. The van der Waals surface area contributed by atoms with Gasteiger partial charge in [-0.05, 0) is 66.6 Å². The highest BCUT2D eigenvalue weighted by Gasteiger charge is 2.43. The highest BCUT2D eigenvalue weighted by Crippen LogP contribution is 2.43. The number of aryl methyl sites for hydroxylation is 1. The van der Waals surface area contributed by atoms with Gasteiger partial charge in [0, 0.05) is 44.3 Å². The zero-order valence-electron chi connectivity index (χ0n) is 22.7. The van der Waals surface area contributed by atoms with Crippen molar-refractivity contribution in [2.45, 2.75) is 50.4 Å². The van der Waals surface area contributed by atoms with Gasteiger partial charge in [-0.2, -0.15) is 0 Å². The van der Waals surface area contributed by atoms with E-state index in [0.717, 1.165) is 46.4 Å². The number of likely N-dealkylation sites (N-methyl/N-ethyl adjacent to an activating group) is 1. The van der Waals surface area contributed by atoms with Crippen molar-refractivity contribution in [1.82, 2.24) is 19.7 Å².